The maximum Gasteiger partial charge on any atom is 0.140 e. The van der Waals surface area contributed by atoms with Gasteiger partial charge in [-0.05, 0) is 24.6 Å². The van der Waals surface area contributed by atoms with Gasteiger partial charge in [0.25, 0.3) is 0 Å². The summed E-state index contributed by atoms with van der Waals surface area (Å²) in [7, 11) is 0. The van der Waals surface area contributed by atoms with Gasteiger partial charge in [-0.25, -0.2) is 4.39 Å². The Balaban J connectivity index is 3.16. The van der Waals surface area contributed by atoms with Crippen molar-refractivity contribution in [1.82, 2.24) is 0 Å². The van der Waals surface area contributed by atoms with Crippen LogP contribution in [0.4, 0.5) is 4.39 Å². The third kappa shape index (κ3) is 1.60. The molecule has 1 aromatic carbocycles. The predicted molar refractivity (Wildman–Crippen MR) is 41.7 cm³/mol. The fourth-order valence-corrected chi connectivity index (χ4v) is 0.888. The van der Waals surface area contributed by atoms with E-state index in [1.807, 2.05) is 0 Å². The number of halogens is 1. The Morgan fingerprint density at radius 1 is 1.58 bits per heavy atom. The number of hydrogen-bond donors (Lipinski definition) is 1. The van der Waals surface area contributed by atoms with Crippen LogP contribution in [0.5, 0.6) is 0 Å². The van der Waals surface area contributed by atoms with E-state index in [1.165, 1.54) is 18.2 Å². The summed E-state index contributed by atoms with van der Waals surface area (Å²) < 4.78 is 12.7. The maximum absolute atomic E-state index is 12.7. The van der Waals surface area contributed by atoms with Crippen LogP contribution >= 0.6 is 0 Å². The van der Waals surface area contributed by atoms with E-state index in [2.05, 4.69) is 0 Å². The van der Waals surface area contributed by atoms with Crippen molar-refractivity contribution in [2.75, 3.05) is 0 Å². The third-order valence-electron chi connectivity index (χ3n) is 1.59. The lowest BCUT2D eigenvalue weighted by molar-refractivity contribution is 0.199. The monoisotopic (exact) mass is 165 g/mol. The van der Waals surface area contributed by atoms with Crippen LogP contribution < -0.4 is 0 Å². The van der Waals surface area contributed by atoms with Crippen molar-refractivity contribution in [3.63, 3.8) is 0 Å². The lowest BCUT2D eigenvalue weighted by atomic mass is 10.1. The van der Waals surface area contributed by atoms with Crippen molar-refractivity contribution in [3.05, 3.63) is 35.1 Å². The van der Waals surface area contributed by atoms with E-state index >= 15 is 0 Å². The Hall–Kier alpha value is -1.40. The number of nitriles is 1. The quantitative estimate of drug-likeness (QED) is 0.688. The van der Waals surface area contributed by atoms with Gasteiger partial charge in [0.1, 0.15) is 11.9 Å². The minimum Gasteiger partial charge on any atom is -0.389 e. The summed E-state index contributed by atoms with van der Waals surface area (Å²) in [5, 5.41) is 17.6. The number of aliphatic hydroxyl groups is 1. The first-order valence-electron chi connectivity index (χ1n) is 3.52. The van der Waals surface area contributed by atoms with Gasteiger partial charge in [0.05, 0.1) is 11.7 Å². The number of rotatable bonds is 1. The number of aliphatic hydroxyl groups excluding tert-OH is 1. The second-order valence-electron chi connectivity index (χ2n) is 2.53. The Morgan fingerprint density at radius 2 is 2.25 bits per heavy atom. The molecule has 3 heteroatoms. The van der Waals surface area contributed by atoms with Gasteiger partial charge in [-0.1, -0.05) is 6.07 Å². The minimum absolute atomic E-state index is 0.0339. The normalized spacial score (nSPS) is 12.2. The molecular formula is C9H8FNO. The highest BCUT2D eigenvalue weighted by molar-refractivity contribution is 5.35. The van der Waals surface area contributed by atoms with E-state index < -0.39 is 11.9 Å². The zero-order valence-electron chi connectivity index (χ0n) is 6.58. The first-order chi connectivity index (χ1) is 5.65. The van der Waals surface area contributed by atoms with Crippen LogP contribution in [0.25, 0.3) is 0 Å². The average molecular weight is 165 g/mol. The summed E-state index contributed by atoms with van der Waals surface area (Å²) in [4.78, 5) is 0. The van der Waals surface area contributed by atoms with Gasteiger partial charge >= 0.3 is 0 Å². The molecule has 1 aromatic rings. The molecule has 0 fully saturated rings. The average Bonchev–Trinajstić information content (AvgIpc) is 2.05. The van der Waals surface area contributed by atoms with Crippen molar-refractivity contribution in [2.45, 2.75) is 13.0 Å². The van der Waals surface area contributed by atoms with Gasteiger partial charge in [0.2, 0.25) is 0 Å². The van der Waals surface area contributed by atoms with Gasteiger partial charge in [-0.3, -0.25) is 0 Å². The molecule has 0 heterocycles. The molecule has 0 amide bonds. The highest BCUT2D eigenvalue weighted by atomic mass is 19.1. The van der Waals surface area contributed by atoms with Gasteiger partial charge in [0.15, 0.2) is 0 Å². The van der Waals surface area contributed by atoms with Crippen LogP contribution in [0, 0.1) is 17.1 Å². The first kappa shape index (κ1) is 8.69. The second kappa shape index (κ2) is 3.33. The van der Waals surface area contributed by atoms with Crippen LogP contribution in [0.1, 0.15) is 24.2 Å². The molecule has 0 aliphatic rings. The molecule has 0 spiro atoms. The molecule has 0 aromatic heterocycles. The Bertz CT molecular complexity index is 328. The molecule has 12 heavy (non-hydrogen) atoms. The van der Waals surface area contributed by atoms with Gasteiger partial charge in [-0.2, -0.15) is 5.26 Å². The molecular weight excluding hydrogens is 157 g/mol. The zero-order chi connectivity index (χ0) is 9.14. The first-order valence-corrected chi connectivity index (χ1v) is 3.52. The van der Waals surface area contributed by atoms with E-state index in [4.69, 9.17) is 10.4 Å². The molecule has 0 radical (unpaired) electrons. The molecule has 1 rings (SSSR count). The van der Waals surface area contributed by atoms with Crippen molar-refractivity contribution >= 4 is 0 Å². The van der Waals surface area contributed by atoms with E-state index in [9.17, 15) is 4.39 Å². The van der Waals surface area contributed by atoms with E-state index in [0.717, 1.165) is 0 Å². The lowest BCUT2D eigenvalue weighted by Gasteiger charge is -2.03. The maximum atomic E-state index is 12.7. The van der Waals surface area contributed by atoms with E-state index in [0.29, 0.717) is 5.56 Å². The van der Waals surface area contributed by atoms with Crippen LogP contribution in [-0.2, 0) is 0 Å². The minimum atomic E-state index is -0.669. The number of nitrogens with zero attached hydrogens (tertiary/aromatic N) is 1. The van der Waals surface area contributed by atoms with Crippen LogP contribution in [0.15, 0.2) is 18.2 Å². The van der Waals surface area contributed by atoms with Crippen LogP contribution in [0.3, 0.4) is 0 Å². The fourth-order valence-electron chi connectivity index (χ4n) is 0.888. The molecule has 0 saturated heterocycles. The third-order valence-corrected chi connectivity index (χ3v) is 1.59. The molecule has 2 nitrogen and oxygen atoms in total. The molecule has 0 aliphatic carbocycles. The predicted octanol–water partition coefficient (Wildman–Crippen LogP) is 1.75. The molecule has 0 unspecified atom stereocenters. The highest BCUT2D eigenvalue weighted by Crippen LogP contribution is 2.15. The molecule has 0 saturated carbocycles. The Labute approximate surface area is 69.9 Å². The molecule has 0 bridgehead atoms. The summed E-state index contributed by atoms with van der Waals surface area (Å²) in [6, 6.07) is 5.69. The zero-order valence-corrected chi connectivity index (χ0v) is 6.58. The summed E-state index contributed by atoms with van der Waals surface area (Å²) >= 11 is 0. The Kier molecular flexibility index (Phi) is 2.41. The van der Waals surface area contributed by atoms with Crippen LogP contribution in [-0.4, -0.2) is 5.11 Å². The van der Waals surface area contributed by atoms with E-state index in [1.54, 1.807) is 13.0 Å². The lowest BCUT2D eigenvalue weighted by Crippen LogP contribution is -1.93. The van der Waals surface area contributed by atoms with Gasteiger partial charge in [0, 0.05) is 0 Å². The molecule has 0 aliphatic heterocycles. The smallest absolute Gasteiger partial charge is 0.140 e. The standard InChI is InChI=1S/C9H8FNO/c1-6(12)7-2-3-9(10)8(4-7)5-11/h2-4,6,12H,1H3/t6-/m1/s1. The molecule has 1 N–H and O–H groups in total. The number of hydrogen-bond acceptors (Lipinski definition) is 2. The SMILES string of the molecule is C[C@@H](O)c1ccc(F)c(C#N)c1. The number of benzene rings is 1. The summed E-state index contributed by atoms with van der Waals surface area (Å²) in [6.45, 7) is 1.56. The largest absolute Gasteiger partial charge is 0.389 e. The summed E-state index contributed by atoms with van der Waals surface area (Å²) in [5.74, 6) is -0.554. The van der Waals surface area contributed by atoms with Gasteiger partial charge < -0.3 is 5.11 Å². The van der Waals surface area contributed by atoms with Crippen molar-refractivity contribution in [1.29, 1.82) is 5.26 Å². The molecule has 62 valence electrons. The summed E-state index contributed by atoms with van der Waals surface area (Å²) in [5.41, 5.74) is 0.515. The molecule has 1 atom stereocenters. The van der Waals surface area contributed by atoms with Crippen LogP contribution in [0.2, 0.25) is 0 Å². The topological polar surface area (TPSA) is 44.0 Å². The van der Waals surface area contributed by atoms with E-state index in [-0.39, 0.29) is 5.56 Å². The second-order valence-corrected chi connectivity index (χ2v) is 2.53. The van der Waals surface area contributed by atoms with Gasteiger partial charge in [-0.15, -0.1) is 0 Å². The summed E-state index contributed by atoms with van der Waals surface area (Å²) in [6.07, 6.45) is -0.669. The Morgan fingerprint density at radius 3 is 2.75 bits per heavy atom. The van der Waals surface area contributed by atoms with Crippen molar-refractivity contribution < 1.29 is 9.50 Å². The van der Waals surface area contributed by atoms with Crippen molar-refractivity contribution in [2.24, 2.45) is 0 Å². The van der Waals surface area contributed by atoms with Crippen molar-refractivity contribution in [3.8, 4) is 6.07 Å². The highest BCUT2D eigenvalue weighted by Gasteiger charge is 2.05. The fraction of sp³-hybridized carbons (Fsp3) is 0.222.